The first-order chi connectivity index (χ1) is 5.93. The molecule has 0 radical (unpaired) electrons. The van der Waals surface area contributed by atoms with Crippen molar-refractivity contribution in [3.8, 4) is 0 Å². The van der Waals surface area contributed by atoms with Crippen LogP contribution in [0.1, 0.15) is 20.8 Å². The summed E-state index contributed by atoms with van der Waals surface area (Å²) in [7, 11) is -0.423. The molecule has 0 saturated carbocycles. The van der Waals surface area contributed by atoms with E-state index in [1.54, 1.807) is 7.11 Å². The zero-order chi connectivity index (χ0) is 10.5. The van der Waals surface area contributed by atoms with Gasteiger partial charge < -0.3 is 13.6 Å². The Bertz CT molecular complexity index is 183. The molecule has 0 atom stereocenters. The molecule has 0 spiro atoms. The van der Waals surface area contributed by atoms with Crippen molar-refractivity contribution < 1.29 is 13.6 Å². The minimum absolute atomic E-state index is 0.588. The van der Waals surface area contributed by atoms with Crippen molar-refractivity contribution in [2.75, 3.05) is 13.7 Å². The lowest BCUT2D eigenvalue weighted by Gasteiger charge is -2.24. The van der Waals surface area contributed by atoms with Crippen LogP contribution in [0.15, 0.2) is 11.5 Å². The third kappa shape index (κ3) is 4.95. The van der Waals surface area contributed by atoms with Crippen molar-refractivity contribution in [1.82, 2.24) is 0 Å². The quantitative estimate of drug-likeness (QED) is 0.509. The molecule has 0 aliphatic rings. The number of methoxy groups -OCH3 is 1. The maximum absolute atomic E-state index is 5.66. The summed E-state index contributed by atoms with van der Waals surface area (Å²) in [6.45, 7) is 10.5. The number of rotatable bonds is 5. The third-order valence-electron chi connectivity index (χ3n) is 1.42. The van der Waals surface area contributed by atoms with Gasteiger partial charge in [-0.05, 0) is 33.9 Å². The molecule has 0 aliphatic heterocycles. The summed E-state index contributed by atoms with van der Waals surface area (Å²) >= 11 is 0. The Labute approximate surface area is 81.9 Å². The molecule has 4 heteroatoms. The number of hydrogen-bond donors (Lipinski definition) is 0. The van der Waals surface area contributed by atoms with Crippen LogP contribution in [-0.2, 0) is 13.6 Å². The summed E-state index contributed by atoms with van der Waals surface area (Å²) in [6.07, 6.45) is 0. The van der Waals surface area contributed by atoms with Gasteiger partial charge in [0.25, 0.3) is 5.95 Å². The molecule has 78 valence electrons. The maximum Gasteiger partial charge on any atom is 0.395 e. The Morgan fingerprint density at radius 2 is 1.77 bits per heavy atom. The Morgan fingerprint density at radius 3 is 2.08 bits per heavy atom. The average molecular weight is 204 g/mol. The van der Waals surface area contributed by atoms with Gasteiger partial charge in [-0.3, -0.25) is 0 Å². The van der Waals surface area contributed by atoms with Gasteiger partial charge in [0.15, 0.2) is 0 Å². The Kier molecular flexibility index (Phi) is 5.09. The minimum atomic E-state index is -2.03. The smallest absolute Gasteiger partial charge is 0.395 e. The first kappa shape index (κ1) is 12.5. The van der Waals surface area contributed by atoms with E-state index in [1.807, 2.05) is 33.9 Å². The highest BCUT2D eigenvalue weighted by Gasteiger charge is 2.27. The van der Waals surface area contributed by atoms with Crippen LogP contribution in [0.3, 0.4) is 0 Å². The van der Waals surface area contributed by atoms with Crippen molar-refractivity contribution in [3.05, 3.63) is 11.5 Å². The highest BCUT2D eigenvalue weighted by molar-refractivity contribution is 6.64. The van der Waals surface area contributed by atoms with Gasteiger partial charge in [0.1, 0.15) is 0 Å². The number of hydrogen-bond acceptors (Lipinski definition) is 3. The van der Waals surface area contributed by atoms with Crippen molar-refractivity contribution in [2.24, 2.45) is 0 Å². The molecule has 0 amide bonds. The topological polar surface area (TPSA) is 27.7 Å². The van der Waals surface area contributed by atoms with Gasteiger partial charge in [-0.1, -0.05) is 0 Å². The van der Waals surface area contributed by atoms with Gasteiger partial charge >= 0.3 is 8.56 Å². The molecular weight excluding hydrogens is 184 g/mol. The molecule has 0 aliphatic carbocycles. The molecule has 0 saturated heterocycles. The van der Waals surface area contributed by atoms with Crippen LogP contribution in [0.4, 0.5) is 0 Å². The average Bonchev–Trinajstić information content (AvgIpc) is 1.99. The first-order valence-electron chi connectivity index (χ1n) is 4.47. The molecule has 0 aromatic rings. The second-order valence-electron chi connectivity index (χ2n) is 3.43. The molecule has 13 heavy (non-hydrogen) atoms. The largest absolute Gasteiger partial charge is 0.494 e. The fourth-order valence-corrected chi connectivity index (χ4v) is 2.44. The van der Waals surface area contributed by atoms with Crippen molar-refractivity contribution in [1.29, 1.82) is 0 Å². The predicted molar refractivity (Wildman–Crippen MR) is 55.6 cm³/mol. The standard InChI is InChI=1S/C9H20O3Si/c1-7-11-13(5,6)12-9(10-4)8(2)3/h7H2,1-6H3. The molecule has 0 heterocycles. The van der Waals surface area contributed by atoms with E-state index in [0.717, 1.165) is 5.57 Å². The fraction of sp³-hybridized carbons (Fsp3) is 0.778. The fourth-order valence-electron chi connectivity index (χ4n) is 0.948. The lowest BCUT2D eigenvalue weighted by atomic mass is 10.4. The highest BCUT2D eigenvalue weighted by Crippen LogP contribution is 2.15. The van der Waals surface area contributed by atoms with Crippen LogP contribution in [0.2, 0.25) is 13.1 Å². The summed E-state index contributed by atoms with van der Waals surface area (Å²) in [4.78, 5) is 0. The second kappa shape index (κ2) is 5.29. The third-order valence-corrected chi connectivity index (χ3v) is 3.08. The van der Waals surface area contributed by atoms with Gasteiger partial charge in [0.2, 0.25) is 0 Å². The first-order valence-corrected chi connectivity index (χ1v) is 7.29. The summed E-state index contributed by atoms with van der Waals surface area (Å²) in [5.41, 5.74) is 1.03. The molecule has 0 bridgehead atoms. The summed E-state index contributed by atoms with van der Waals surface area (Å²) in [6, 6.07) is 0. The van der Waals surface area contributed by atoms with Crippen LogP contribution in [-0.4, -0.2) is 22.3 Å². The van der Waals surface area contributed by atoms with Gasteiger partial charge in [-0.15, -0.1) is 0 Å². The molecule has 0 aromatic carbocycles. The van der Waals surface area contributed by atoms with E-state index in [1.165, 1.54) is 0 Å². The van der Waals surface area contributed by atoms with Crippen molar-refractivity contribution >= 4 is 8.56 Å². The van der Waals surface area contributed by atoms with Gasteiger partial charge in [-0.25, -0.2) is 0 Å². The summed E-state index contributed by atoms with van der Waals surface area (Å²) in [5.74, 6) is 0.588. The zero-order valence-electron chi connectivity index (χ0n) is 9.43. The maximum atomic E-state index is 5.66. The number of allylic oxidation sites excluding steroid dienone is 1. The van der Waals surface area contributed by atoms with Gasteiger partial charge in [0.05, 0.1) is 7.11 Å². The summed E-state index contributed by atoms with van der Waals surface area (Å²) in [5, 5.41) is 0. The van der Waals surface area contributed by atoms with Gasteiger partial charge in [-0.2, -0.15) is 0 Å². The molecule has 0 unspecified atom stereocenters. The van der Waals surface area contributed by atoms with Crippen molar-refractivity contribution in [2.45, 2.75) is 33.9 Å². The van der Waals surface area contributed by atoms with E-state index in [9.17, 15) is 0 Å². The second-order valence-corrected chi connectivity index (χ2v) is 6.72. The van der Waals surface area contributed by atoms with E-state index in [2.05, 4.69) is 0 Å². The Hall–Kier alpha value is -0.483. The van der Waals surface area contributed by atoms with Crippen LogP contribution in [0.5, 0.6) is 0 Å². The van der Waals surface area contributed by atoms with E-state index >= 15 is 0 Å². The molecular formula is C9H20O3Si. The highest BCUT2D eigenvalue weighted by atomic mass is 28.4. The Balaban J connectivity index is 4.32. The minimum Gasteiger partial charge on any atom is -0.494 e. The zero-order valence-corrected chi connectivity index (χ0v) is 10.4. The number of ether oxygens (including phenoxy) is 1. The lowest BCUT2D eigenvalue weighted by Crippen LogP contribution is -2.34. The van der Waals surface area contributed by atoms with Crippen LogP contribution in [0.25, 0.3) is 0 Å². The molecule has 0 aromatic heterocycles. The van der Waals surface area contributed by atoms with Gasteiger partial charge in [0, 0.05) is 12.2 Å². The summed E-state index contributed by atoms with van der Waals surface area (Å²) < 4.78 is 16.3. The van der Waals surface area contributed by atoms with E-state index in [4.69, 9.17) is 13.6 Å². The molecule has 0 rings (SSSR count). The normalized spacial score (nSPS) is 10.9. The molecule has 0 N–H and O–H groups in total. The SMILES string of the molecule is CCO[Si](C)(C)OC(OC)=C(C)C. The van der Waals surface area contributed by atoms with Crippen LogP contribution >= 0.6 is 0 Å². The van der Waals surface area contributed by atoms with Crippen molar-refractivity contribution in [3.63, 3.8) is 0 Å². The predicted octanol–water partition coefficient (Wildman–Crippen LogP) is 2.64. The monoisotopic (exact) mass is 204 g/mol. The van der Waals surface area contributed by atoms with E-state index < -0.39 is 8.56 Å². The molecule has 0 fully saturated rings. The van der Waals surface area contributed by atoms with Crippen LogP contribution < -0.4 is 0 Å². The van der Waals surface area contributed by atoms with E-state index in [0.29, 0.717) is 12.6 Å². The van der Waals surface area contributed by atoms with E-state index in [-0.39, 0.29) is 0 Å². The molecule has 3 nitrogen and oxygen atoms in total. The Morgan fingerprint density at radius 1 is 1.23 bits per heavy atom. The lowest BCUT2D eigenvalue weighted by molar-refractivity contribution is 0.107. The van der Waals surface area contributed by atoms with Crippen LogP contribution in [0, 0.1) is 0 Å².